The van der Waals surface area contributed by atoms with E-state index in [4.69, 9.17) is 4.74 Å². The number of likely N-dealkylation sites (N-methyl/N-ethyl adjacent to an activating group) is 1. The number of methoxy groups -OCH3 is 1. The number of ether oxygens (including phenoxy) is 1. The van der Waals surface area contributed by atoms with Gasteiger partial charge in [-0.1, -0.05) is 0 Å². The largest absolute Gasteiger partial charge is 0.383 e. The smallest absolute Gasteiger partial charge is 0.353 e. The van der Waals surface area contributed by atoms with Gasteiger partial charge >= 0.3 is 5.69 Å². The van der Waals surface area contributed by atoms with Gasteiger partial charge in [0, 0.05) is 27.2 Å². The minimum Gasteiger partial charge on any atom is -0.383 e. The lowest BCUT2D eigenvalue weighted by Gasteiger charge is -2.18. The normalized spacial score (nSPS) is 10.2. The summed E-state index contributed by atoms with van der Waals surface area (Å²) < 4.78 is 4.94. The van der Waals surface area contributed by atoms with E-state index >= 15 is 0 Å². The number of aromatic nitrogens is 2. The number of hydrogen-bond acceptors (Lipinski definition) is 7. The third-order valence-electron chi connectivity index (χ3n) is 2.32. The first-order valence-corrected chi connectivity index (χ1v) is 5.55. The van der Waals surface area contributed by atoms with E-state index in [1.54, 1.807) is 19.1 Å². The monoisotopic (exact) mass is 255 g/mol. The van der Waals surface area contributed by atoms with Crippen LogP contribution in [0.1, 0.15) is 6.92 Å². The number of nitrogens with zero attached hydrogens (tertiary/aromatic N) is 4. The lowest BCUT2D eigenvalue weighted by Crippen LogP contribution is -2.24. The molecule has 0 bridgehead atoms. The van der Waals surface area contributed by atoms with Crippen LogP contribution in [0.3, 0.4) is 0 Å². The summed E-state index contributed by atoms with van der Waals surface area (Å²) in [6.45, 7) is 3.38. The average Bonchev–Trinajstić information content (AvgIpc) is 2.35. The minimum absolute atomic E-state index is 0.113. The summed E-state index contributed by atoms with van der Waals surface area (Å²) >= 11 is 0. The molecule has 0 amide bonds. The highest BCUT2D eigenvalue weighted by molar-refractivity contribution is 5.69. The van der Waals surface area contributed by atoms with Crippen molar-refractivity contribution in [2.24, 2.45) is 0 Å². The van der Waals surface area contributed by atoms with Gasteiger partial charge in [0.05, 0.1) is 11.5 Å². The maximum absolute atomic E-state index is 11.1. The fraction of sp³-hybridized carbons (Fsp3) is 0.600. The molecule has 0 aliphatic rings. The summed E-state index contributed by atoms with van der Waals surface area (Å²) in [5.74, 6) is 0.514. The molecule has 0 spiro atoms. The summed E-state index contributed by atoms with van der Waals surface area (Å²) in [4.78, 5) is 20.2. The van der Waals surface area contributed by atoms with Crippen LogP contribution in [0.4, 0.5) is 17.3 Å². The molecule has 0 unspecified atom stereocenters. The third-order valence-corrected chi connectivity index (χ3v) is 2.32. The summed E-state index contributed by atoms with van der Waals surface area (Å²) in [7, 11) is 3.30. The maximum atomic E-state index is 11.1. The topological polar surface area (TPSA) is 93.4 Å². The quantitative estimate of drug-likeness (QED) is 0.571. The molecule has 1 heterocycles. The first kappa shape index (κ1) is 14.1. The molecule has 0 radical (unpaired) electrons. The molecule has 0 atom stereocenters. The van der Waals surface area contributed by atoms with Crippen LogP contribution < -0.4 is 10.2 Å². The summed E-state index contributed by atoms with van der Waals surface area (Å²) in [5.41, 5.74) is -0.113. The Hall–Kier alpha value is -1.96. The van der Waals surface area contributed by atoms with E-state index in [0.29, 0.717) is 19.7 Å². The number of rotatable bonds is 7. The molecule has 0 saturated carbocycles. The van der Waals surface area contributed by atoms with E-state index in [-0.39, 0.29) is 17.3 Å². The molecule has 1 N–H and O–H groups in total. The highest BCUT2D eigenvalue weighted by Crippen LogP contribution is 2.30. The summed E-state index contributed by atoms with van der Waals surface area (Å²) in [6.07, 6.45) is 1.31. The zero-order valence-electron chi connectivity index (χ0n) is 10.7. The van der Waals surface area contributed by atoms with Crippen molar-refractivity contribution in [2.45, 2.75) is 6.92 Å². The second kappa shape index (κ2) is 6.70. The van der Waals surface area contributed by atoms with Crippen LogP contribution in [-0.4, -0.2) is 48.7 Å². The van der Waals surface area contributed by atoms with E-state index in [1.165, 1.54) is 6.33 Å². The molecule has 1 rings (SSSR count). The molecule has 8 heteroatoms. The van der Waals surface area contributed by atoms with Gasteiger partial charge in [-0.05, 0) is 6.92 Å². The Kier molecular flexibility index (Phi) is 5.25. The van der Waals surface area contributed by atoms with Crippen molar-refractivity contribution in [1.29, 1.82) is 0 Å². The molecule has 18 heavy (non-hydrogen) atoms. The average molecular weight is 255 g/mol. The van der Waals surface area contributed by atoms with Crippen molar-refractivity contribution >= 4 is 17.3 Å². The van der Waals surface area contributed by atoms with Crippen LogP contribution in [0.5, 0.6) is 0 Å². The highest BCUT2D eigenvalue weighted by Gasteiger charge is 2.24. The molecule has 0 aliphatic carbocycles. The SMILES string of the molecule is CCNc1ncnc(N(C)CCOC)c1[N+](=O)[O-]. The fourth-order valence-electron chi connectivity index (χ4n) is 1.45. The number of anilines is 2. The van der Waals surface area contributed by atoms with Crippen molar-refractivity contribution < 1.29 is 9.66 Å². The van der Waals surface area contributed by atoms with Crippen molar-refractivity contribution in [1.82, 2.24) is 9.97 Å². The Labute approximate surface area is 105 Å². The second-order valence-corrected chi connectivity index (χ2v) is 3.60. The predicted molar refractivity (Wildman–Crippen MR) is 68.0 cm³/mol. The molecule has 0 fully saturated rings. The Morgan fingerprint density at radius 1 is 1.56 bits per heavy atom. The minimum atomic E-state index is -0.476. The van der Waals surface area contributed by atoms with Gasteiger partial charge in [-0.3, -0.25) is 10.1 Å². The van der Waals surface area contributed by atoms with Crippen molar-refractivity contribution in [3.05, 3.63) is 16.4 Å². The van der Waals surface area contributed by atoms with E-state index in [9.17, 15) is 10.1 Å². The Morgan fingerprint density at radius 3 is 2.83 bits per heavy atom. The first-order valence-electron chi connectivity index (χ1n) is 5.55. The lowest BCUT2D eigenvalue weighted by atomic mass is 10.4. The van der Waals surface area contributed by atoms with Crippen molar-refractivity contribution in [2.75, 3.05) is 44.1 Å². The van der Waals surface area contributed by atoms with Gasteiger partial charge in [-0.25, -0.2) is 9.97 Å². The molecule has 0 aromatic carbocycles. The van der Waals surface area contributed by atoms with E-state index in [2.05, 4.69) is 15.3 Å². The van der Waals surface area contributed by atoms with Gasteiger partial charge in [0.15, 0.2) is 0 Å². The first-order chi connectivity index (χ1) is 8.61. The molecular weight excluding hydrogens is 238 g/mol. The Morgan fingerprint density at radius 2 is 2.28 bits per heavy atom. The summed E-state index contributed by atoms with van der Waals surface area (Å²) in [5, 5.41) is 14.0. The van der Waals surface area contributed by atoms with E-state index in [0.717, 1.165) is 0 Å². The highest BCUT2D eigenvalue weighted by atomic mass is 16.6. The number of nitro groups is 1. The lowest BCUT2D eigenvalue weighted by molar-refractivity contribution is -0.383. The van der Waals surface area contributed by atoms with Gasteiger partial charge in [-0.2, -0.15) is 0 Å². The molecule has 0 aliphatic heterocycles. The molecule has 1 aromatic rings. The van der Waals surface area contributed by atoms with Crippen LogP contribution in [0.25, 0.3) is 0 Å². The second-order valence-electron chi connectivity index (χ2n) is 3.60. The van der Waals surface area contributed by atoms with Crippen molar-refractivity contribution in [3.8, 4) is 0 Å². The zero-order chi connectivity index (χ0) is 13.5. The van der Waals surface area contributed by atoms with Gasteiger partial charge < -0.3 is 15.0 Å². The van der Waals surface area contributed by atoms with Crippen LogP contribution in [0.2, 0.25) is 0 Å². The van der Waals surface area contributed by atoms with Gasteiger partial charge in [0.1, 0.15) is 6.33 Å². The van der Waals surface area contributed by atoms with Crippen LogP contribution >= 0.6 is 0 Å². The predicted octanol–water partition coefficient (Wildman–Crippen LogP) is 0.899. The van der Waals surface area contributed by atoms with E-state index < -0.39 is 4.92 Å². The fourth-order valence-corrected chi connectivity index (χ4v) is 1.45. The van der Waals surface area contributed by atoms with Crippen LogP contribution in [-0.2, 0) is 4.74 Å². The van der Waals surface area contributed by atoms with Crippen LogP contribution in [0, 0.1) is 10.1 Å². The third kappa shape index (κ3) is 3.27. The Bertz CT molecular complexity index is 412. The zero-order valence-corrected chi connectivity index (χ0v) is 10.7. The van der Waals surface area contributed by atoms with Gasteiger partial charge in [-0.15, -0.1) is 0 Å². The molecule has 100 valence electrons. The van der Waals surface area contributed by atoms with Gasteiger partial charge in [0.2, 0.25) is 11.6 Å². The van der Waals surface area contributed by atoms with E-state index in [1.807, 2.05) is 6.92 Å². The summed E-state index contributed by atoms with van der Waals surface area (Å²) in [6, 6.07) is 0. The standard InChI is InChI=1S/C10H17N5O3/c1-4-11-9-8(15(16)17)10(13-7-12-9)14(2)5-6-18-3/h7H,4-6H2,1-3H3,(H,11,12,13). The Balaban J connectivity index is 3.09. The number of nitrogens with one attached hydrogen (secondary N) is 1. The molecule has 0 saturated heterocycles. The molecular formula is C10H17N5O3. The molecule has 8 nitrogen and oxygen atoms in total. The number of hydrogen-bond donors (Lipinski definition) is 1. The molecule has 1 aromatic heterocycles. The van der Waals surface area contributed by atoms with Gasteiger partial charge in [0.25, 0.3) is 0 Å². The maximum Gasteiger partial charge on any atom is 0.353 e. The van der Waals surface area contributed by atoms with Crippen LogP contribution in [0.15, 0.2) is 6.33 Å². The van der Waals surface area contributed by atoms with Crippen molar-refractivity contribution in [3.63, 3.8) is 0 Å².